The Kier molecular flexibility index (Phi) is 2.53. The van der Waals surface area contributed by atoms with Gasteiger partial charge in [0.25, 0.3) is 5.91 Å². The Bertz CT molecular complexity index is 552. The van der Waals surface area contributed by atoms with Gasteiger partial charge in [0, 0.05) is 10.9 Å². The van der Waals surface area contributed by atoms with Crippen LogP contribution in [0.5, 0.6) is 5.75 Å². The molecule has 5 heteroatoms. The maximum Gasteiger partial charge on any atom is 0.258 e. The van der Waals surface area contributed by atoms with E-state index in [1.54, 1.807) is 11.3 Å². The number of pyridine rings is 1. The molecule has 0 unspecified atom stereocenters. The first-order chi connectivity index (χ1) is 8.33. The van der Waals surface area contributed by atoms with E-state index in [9.17, 15) is 4.79 Å². The molecule has 3 heterocycles. The molecular formula is C12H10N2O2S. The minimum atomic E-state index is -0.111. The van der Waals surface area contributed by atoms with Crippen LogP contribution in [0.1, 0.15) is 5.69 Å². The molecule has 1 amide bonds. The number of nitrogens with one attached hydrogen (secondary N) is 1. The Morgan fingerprint density at radius 1 is 1.35 bits per heavy atom. The van der Waals surface area contributed by atoms with Crippen molar-refractivity contribution in [2.75, 3.05) is 6.61 Å². The van der Waals surface area contributed by atoms with E-state index < -0.39 is 0 Å². The van der Waals surface area contributed by atoms with E-state index in [1.807, 2.05) is 29.0 Å². The topological polar surface area (TPSA) is 51.2 Å². The molecule has 0 bridgehead atoms. The summed E-state index contributed by atoms with van der Waals surface area (Å²) < 4.78 is 5.36. The second-order valence-electron chi connectivity index (χ2n) is 3.72. The molecule has 2 aromatic rings. The first-order valence-electron chi connectivity index (χ1n) is 5.25. The zero-order valence-electron chi connectivity index (χ0n) is 8.97. The van der Waals surface area contributed by atoms with Crippen molar-refractivity contribution in [1.82, 2.24) is 10.3 Å². The number of carbonyl (C=O) groups is 1. The lowest BCUT2D eigenvalue weighted by Gasteiger charge is -2.06. The molecule has 86 valence electrons. The number of thiophene rings is 1. The lowest BCUT2D eigenvalue weighted by molar-refractivity contribution is -0.122. The summed E-state index contributed by atoms with van der Waals surface area (Å²) in [5, 5.41) is 6.81. The first kappa shape index (κ1) is 10.3. The summed E-state index contributed by atoms with van der Waals surface area (Å²) in [6.45, 7) is 0.485. The van der Waals surface area contributed by atoms with Crippen LogP contribution in [0.15, 0.2) is 29.0 Å². The quantitative estimate of drug-likeness (QED) is 0.835. The van der Waals surface area contributed by atoms with Gasteiger partial charge in [-0.1, -0.05) is 0 Å². The molecule has 0 fully saturated rings. The summed E-state index contributed by atoms with van der Waals surface area (Å²) in [6, 6.07) is 5.81. The number of hydrogen-bond acceptors (Lipinski definition) is 4. The Morgan fingerprint density at radius 2 is 2.29 bits per heavy atom. The fourth-order valence-electron chi connectivity index (χ4n) is 1.69. The van der Waals surface area contributed by atoms with E-state index in [-0.39, 0.29) is 12.5 Å². The van der Waals surface area contributed by atoms with E-state index >= 15 is 0 Å². The fourth-order valence-corrected chi connectivity index (χ4v) is 2.34. The highest BCUT2D eigenvalue weighted by atomic mass is 32.1. The van der Waals surface area contributed by atoms with Crippen LogP contribution in [0, 0.1) is 0 Å². The van der Waals surface area contributed by atoms with Crippen LogP contribution in [0.25, 0.3) is 11.3 Å². The van der Waals surface area contributed by atoms with Crippen molar-refractivity contribution >= 4 is 17.2 Å². The van der Waals surface area contributed by atoms with Gasteiger partial charge in [-0.05, 0) is 23.6 Å². The molecule has 0 aromatic carbocycles. The van der Waals surface area contributed by atoms with Crippen LogP contribution in [0.4, 0.5) is 0 Å². The molecule has 1 aliphatic heterocycles. The molecule has 0 aliphatic carbocycles. The van der Waals surface area contributed by atoms with Crippen molar-refractivity contribution in [3.05, 3.63) is 34.7 Å². The molecule has 3 rings (SSSR count). The van der Waals surface area contributed by atoms with Crippen molar-refractivity contribution < 1.29 is 9.53 Å². The molecule has 0 spiro atoms. The monoisotopic (exact) mass is 246 g/mol. The van der Waals surface area contributed by atoms with E-state index in [2.05, 4.69) is 10.3 Å². The van der Waals surface area contributed by atoms with Gasteiger partial charge in [-0.3, -0.25) is 4.79 Å². The third kappa shape index (κ3) is 2.01. The normalized spacial score (nSPS) is 14.5. The highest BCUT2D eigenvalue weighted by Crippen LogP contribution is 2.25. The van der Waals surface area contributed by atoms with Crippen molar-refractivity contribution in [3.63, 3.8) is 0 Å². The maximum atomic E-state index is 11.2. The molecule has 17 heavy (non-hydrogen) atoms. The SMILES string of the molecule is O=C1COc2ccc(-c3ccsc3)nc2CN1. The Hall–Kier alpha value is -1.88. The number of rotatable bonds is 1. The van der Waals surface area contributed by atoms with Crippen molar-refractivity contribution in [3.8, 4) is 17.0 Å². The van der Waals surface area contributed by atoms with E-state index in [1.165, 1.54) is 0 Å². The third-order valence-corrected chi connectivity index (χ3v) is 3.24. The average molecular weight is 246 g/mol. The molecule has 0 atom stereocenters. The van der Waals surface area contributed by atoms with Crippen LogP contribution in [-0.2, 0) is 11.3 Å². The number of fused-ring (bicyclic) bond motifs is 1. The second kappa shape index (κ2) is 4.18. The van der Waals surface area contributed by atoms with Crippen LogP contribution >= 0.6 is 11.3 Å². The van der Waals surface area contributed by atoms with Gasteiger partial charge in [0.05, 0.1) is 12.2 Å². The summed E-state index contributed by atoms with van der Waals surface area (Å²) in [4.78, 5) is 15.7. The van der Waals surface area contributed by atoms with Gasteiger partial charge >= 0.3 is 0 Å². The fraction of sp³-hybridized carbons (Fsp3) is 0.167. The molecular weight excluding hydrogens is 236 g/mol. The molecule has 1 N–H and O–H groups in total. The lowest BCUT2D eigenvalue weighted by atomic mass is 10.2. The van der Waals surface area contributed by atoms with E-state index in [4.69, 9.17) is 4.74 Å². The van der Waals surface area contributed by atoms with Crippen molar-refractivity contribution in [2.45, 2.75) is 6.54 Å². The van der Waals surface area contributed by atoms with Gasteiger partial charge < -0.3 is 10.1 Å². The number of carbonyl (C=O) groups excluding carboxylic acids is 1. The Balaban J connectivity index is 1.99. The van der Waals surface area contributed by atoms with Gasteiger partial charge in [0.1, 0.15) is 11.4 Å². The predicted octanol–water partition coefficient (Wildman–Crippen LogP) is 1.82. The largest absolute Gasteiger partial charge is 0.482 e. The smallest absolute Gasteiger partial charge is 0.258 e. The first-order valence-corrected chi connectivity index (χ1v) is 6.19. The summed E-state index contributed by atoms with van der Waals surface area (Å²) in [7, 11) is 0. The second-order valence-corrected chi connectivity index (χ2v) is 4.50. The molecule has 0 radical (unpaired) electrons. The molecule has 2 aromatic heterocycles. The predicted molar refractivity (Wildman–Crippen MR) is 64.9 cm³/mol. The molecule has 0 saturated heterocycles. The van der Waals surface area contributed by atoms with Gasteiger partial charge in [0.15, 0.2) is 6.61 Å². The number of amides is 1. The third-order valence-electron chi connectivity index (χ3n) is 2.56. The van der Waals surface area contributed by atoms with Crippen molar-refractivity contribution in [1.29, 1.82) is 0 Å². The minimum absolute atomic E-state index is 0.0620. The summed E-state index contributed by atoms with van der Waals surface area (Å²) in [5.74, 6) is 0.572. The van der Waals surface area contributed by atoms with Gasteiger partial charge in [0.2, 0.25) is 0 Å². The molecule has 0 saturated carbocycles. The minimum Gasteiger partial charge on any atom is -0.482 e. The van der Waals surface area contributed by atoms with Crippen LogP contribution < -0.4 is 10.1 Å². The number of nitrogens with zero attached hydrogens (tertiary/aromatic N) is 1. The highest BCUT2D eigenvalue weighted by molar-refractivity contribution is 7.08. The van der Waals surface area contributed by atoms with Gasteiger partial charge in [-0.15, -0.1) is 0 Å². The molecule has 4 nitrogen and oxygen atoms in total. The lowest BCUT2D eigenvalue weighted by Crippen LogP contribution is -2.25. The van der Waals surface area contributed by atoms with Crippen molar-refractivity contribution in [2.24, 2.45) is 0 Å². The summed E-state index contributed by atoms with van der Waals surface area (Å²) in [5.41, 5.74) is 2.78. The number of hydrogen-bond donors (Lipinski definition) is 1. The van der Waals surface area contributed by atoms with E-state index in [0.717, 1.165) is 17.0 Å². The zero-order chi connectivity index (χ0) is 11.7. The van der Waals surface area contributed by atoms with Gasteiger partial charge in [-0.2, -0.15) is 11.3 Å². The Morgan fingerprint density at radius 3 is 3.12 bits per heavy atom. The van der Waals surface area contributed by atoms with Crippen LogP contribution in [0.2, 0.25) is 0 Å². The van der Waals surface area contributed by atoms with Crippen LogP contribution in [-0.4, -0.2) is 17.5 Å². The summed E-state index contributed by atoms with van der Waals surface area (Å²) >= 11 is 1.64. The molecule has 1 aliphatic rings. The maximum absolute atomic E-state index is 11.2. The van der Waals surface area contributed by atoms with Gasteiger partial charge in [-0.25, -0.2) is 4.98 Å². The average Bonchev–Trinajstić information content (AvgIpc) is 2.82. The standard InChI is InChI=1S/C12H10N2O2S/c15-12-6-16-11-2-1-9(8-3-4-17-7-8)14-10(11)5-13-12/h1-4,7H,5-6H2,(H,13,15). The van der Waals surface area contributed by atoms with E-state index in [0.29, 0.717) is 12.3 Å². The Labute approximate surface area is 102 Å². The zero-order valence-corrected chi connectivity index (χ0v) is 9.79. The van der Waals surface area contributed by atoms with Crippen LogP contribution in [0.3, 0.4) is 0 Å². The number of aromatic nitrogens is 1. The number of ether oxygens (including phenoxy) is 1. The summed E-state index contributed by atoms with van der Waals surface area (Å²) in [6.07, 6.45) is 0. The highest BCUT2D eigenvalue weighted by Gasteiger charge is 2.15.